The Kier molecular flexibility index (Phi) is 2.14. The number of fused-ring (bicyclic) bond motifs is 1. The van der Waals surface area contributed by atoms with Crippen molar-refractivity contribution in [2.75, 3.05) is 0 Å². The molecule has 0 heterocycles. The number of ether oxygens (including phenoxy) is 1. The van der Waals surface area contributed by atoms with E-state index in [2.05, 4.69) is 0 Å². The Morgan fingerprint density at radius 3 is 2.67 bits per heavy atom. The van der Waals surface area contributed by atoms with Gasteiger partial charge in [-0.3, -0.25) is 4.79 Å². The molecule has 0 aliphatic rings. The molecule has 0 radical (unpaired) electrons. The number of carbonyl (C=O) groups excluding carboxylic acids is 2. The molecular formula is C12H8O3. The number of esters is 1. The lowest BCUT2D eigenvalue weighted by molar-refractivity contribution is -0.141. The average molecular weight is 201 g/mol. The van der Waals surface area contributed by atoms with Crippen LogP contribution in [-0.4, -0.2) is 12.2 Å². The molecule has 0 saturated carbocycles. The Balaban J connectivity index is 2.33. The van der Waals surface area contributed by atoms with Crippen molar-refractivity contribution in [3.63, 3.8) is 0 Å². The van der Waals surface area contributed by atoms with Gasteiger partial charge in [-0.2, -0.15) is 0 Å². The van der Waals surface area contributed by atoms with Crippen LogP contribution in [-0.2, 0) is 9.59 Å². The summed E-state index contributed by atoms with van der Waals surface area (Å²) in [5, 5.41) is 1.92. The van der Waals surface area contributed by atoms with E-state index in [9.17, 15) is 9.59 Å². The molecule has 0 atom stereocenters. The van der Waals surface area contributed by atoms with Crippen molar-refractivity contribution in [1.82, 2.24) is 0 Å². The number of benzene rings is 2. The van der Waals surface area contributed by atoms with E-state index in [4.69, 9.17) is 6.11 Å². The fourth-order valence-electron chi connectivity index (χ4n) is 1.36. The predicted octanol–water partition coefficient (Wildman–Crippen LogP) is 1.94. The molecule has 3 heteroatoms. The summed E-state index contributed by atoms with van der Waals surface area (Å²) in [6, 6.07) is 12.6. The highest BCUT2D eigenvalue weighted by Crippen LogP contribution is 2.20. The van der Waals surface area contributed by atoms with Crippen LogP contribution in [0.1, 0.15) is 1.37 Å². The van der Waals surface area contributed by atoms with Crippen molar-refractivity contribution in [3.8, 4) is 5.75 Å². The summed E-state index contributed by atoms with van der Waals surface area (Å²) >= 11 is 0. The van der Waals surface area contributed by atoms with E-state index in [0.717, 1.165) is 10.8 Å². The smallest absolute Gasteiger partial charge is 0.376 e. The van der Waals surface area contributed by atoms with Crippen molar-refractivity contribution < 1.29 is 15.7 Å². The third-order valence-electron chi connectivity index (χ3n) is 2.01. The van der Waals surface area contributed by atoms with Gasteiger partial charge in [0.2, 0.25) is 6.26 Å². The summed E-state index contributed by atoms with van der Waals surface area (Å²) in [7, 11) is 0. The fraction of sp³-hybridized carbons (Fsp3) is 0. The SMILES string of the molecule is [2H]C(=O)C(=O)Oc1ccc2ccccc2c1. The maximum atomic E-state index is 10.9. The van der Waals surface area contributed by atoms with Gasteiger partial charge in [-0.25, -0.2) is 4.79 Å². The maximum Gasteiger partial charge on any atom is 0.376 e. The average Bonchev–Trinajstić information content (AvgIpc) is 2.28. The van der Waals surface area contributed by atoms with Gasteiger partial charge in [0.25, 0.3) is 0 Å². The quantitative estimate of drug-likeness (QED) is 0.323. The van der Waals surface area contributed by atoms with Crippen LogP contribution in [0.5, 0.6) is 5.75 Å². The van der Waals surface area contributed by atoms with Gasteiger partial charge in [-0.1, -0.05) is 30.3 Å². The van der Waals surface area contributed by atoms with Crippen LogP contribution in [0.25, 0.3) is 10.8 Å². The summed E-state index contributed by atoms with van der Waals surface area (Å²) < 4.78 is 11.3. The molecule has 0 N–H and O–H groups in total. The number of aldehydes is 1. The first-order valence-corrected chi connectivity index (χ1v) is 4.38. The highest BCUT2D eigenvalue weighted by Gasteiger charge is 2.02. The van der Waals surface area contributed by atoms with Gasteiger partial charge in [0, 0.05) is 0 Å². The van der Waals surface area contributed by atoms with E-state index in [0.29, 0.717) is 0 Å². The molecule has 0 fully saturated rings. The highest BCUT2D eigenvalue weighted by molar-refractivity contribution is 6.21. The van der Waals surface area contributed by atoms with Gasteiger partial charge in [0.1, 0.15) is 7.12 Å². The zero-order chi connectivity index (χ0) is 11.5. The van der Waals surface area contributed by atoms with Gasteiger partial charge < -0.3 is 4.74 Å². The first-order valence-electron chi connectivity index (χ1n) is 4.88. The van der Waals surface area contributed by atoms with E-state index in [1.54, 1.807) is 18.2 Å². The summed E-state index contributed by atoms with van der Waals surface area (Å²) in [6.45, 7) is 0. The van der Waals surface area contributed by atoms with Crippen LogP contribution >= 0.6 is 0 Å². The van der Waals surface area contributed by atoms with E-state index in [-0.39, 0.29) is 5.75 Å². The predicted molar refractivity (Wildman–Crippen MR) is 55.6 cm³/mol. The molecule has 0 amide bonds. The molecule has 2 aromatic rings. The number of hydrogen-bond acceptors (Lipinski definition) is 3. The Bertz CT molecular complexity index is 563. The molecule has 0 aliphatic heterocycles. The highest BCUT2D eigenvalue weighted by atomic mass is 16.5. The van der Waals surface area contributed by atoms with E-state index in [1.807, 2.05) is 24.3 Å². The lowest BCUT2D eigenvalue weighted by Crippen LogP contribution is -2.08. The number of carbonyl (C=O) groups is 2. The molecule has 0 unspecified atom stereocenters. The molecule has 2 aromatic carbocycles. The standard InChI is InChI=1S/C12H8O3/c13-8-12(14)15-11-6-5-9-3-1-2-4-10(9)7-11/h1-8H/i8D. The van der Waals surface area contributed by atoms with Gasteiger partial charge in [-0.05, 0) is 22.9 Å². The van der Waals surface area contributed by atoms with Crippen molar-refractivity contribution in [2.45, 2.75) is 0 Å². The largest absolute Gasteiger partial charge is 0.421 e. The maximum absolute atomic E-state index is 10.9. The Labute approximate surface area is 87.7 Å². The molecule has 0 aliphatic carbocycles. The minimum absolute atomic E-state index is 0.268. The van der Waals surface area contributed by atoms with Crippen molar-refractivity contribution >= 4 is 23.0 Å². The van der Waals surface area contributed by atoms with Gasteiger partial charge >= 0.3 is 5.97 Å². The zero-order valence-corrected chi connectivity index (χ0v) is 7.77. The molecular weight excluding hydrogens is 192 g/mol. The second-order valence-electron chi connectivity index (χ2n) is 3.00. The summed E-state index contributed by atoms with van der Waals surface area (Å²) in [5.41, 5.74) is 0. The molecule has 15 heavy (non-hydrogen) atoms. The topological polar surface area (TPSA) is 43.4 Å². The number of rotatable bonds is 2. The van der Waals surface area contributed by atoms with Crippen LogP contribution in [0.3, 0.4) is 0 Å². The molecule has 0 aromatic heterocycles. The van der Waals surface area contributed by atoms with Crippen LogP contribution in [0, 0.1) is 0 Å². The lowest BCUT2D eigenvalue weighted by Gasteiger charge is -2.01. The molecule has 3 nitrogen and oxygen atoms in total. The second kappa shape index (κ2) is 3.92. The fourth-order valence-corrected chi connectivity index (χ4v) is 1.36. The minimum atomic E-state index is -1.35. The van der Waals surface area contributed by atoms with Crippen molar-refractivity contribution in [1.29, 1.82) is 0 Å². The van der Waals surface area contributed by atoms with E-state index < -0.39 is 12.2 Å². The third-order valence-corrected chi connectivity index (χ3v) is 2.01. The van der Waals surface area contributed by atoms with Gasteiger partial charge in [0.15, 0.2) is 0 Å². The first kappa shape index (κ1) is 8.17. The lowest BCUT2D eigenvalue weighted by atomic mass is 10.1. The van der Waals surface area contributed by atoms with Crippen molar-refractivity contribution in [2.24, 2.45) is 0 Å². The van der Waals surface area contributed by atoms with Crippen LogP contribution < -0.4 is 4.74 Å². The van der Waals surface area contributed by atoms with Crippen molar-refractivity contribution in [3.05, 3.63) is 42.5 Å². The molecule has 0 saturated heterocycles. The number of hydrogen-bond donors (Lipinski definition) is 0. The minimum Gasteiger partial charge on any atom is -0.421 e. The second-order valence-corrected chi connectivity index (χ2v) is 3.00. The Morgan fingerprint density at radius 2 is 1.93 bits per heavy atom. The molecule has 0 spiro atoms. The van der Waals surface area contributed by atoms with E-state index in [1.165, 1.54) is 0 Å². The van der Waals surface area contributed by atoms with E-state index >= 15 is 0 Å². The van der Waals surface area contributed by atoms with Gasteiger partial charge in [-0.15, -0.1) is 0 Å². The summed E-state index contributed by atoms with van der Waals surface area (Å²) in [6.07, 6.45) is -1.35. The third kappa shape index (κ3) is 2.02. The normalized spacial score (nSPS) is 10.8. The summed E-state index contributed by atoms with van der Waals surface area (Å²) in [5.74, 6) is -0.903. The molecule has 0 bridgehead atoms. The Morgan fingerprint density at radius 1 is 1.20 bits per heavy atom. The molecule has 2 rings (SSSR count). The van der Waals surface area contributed by atoms with Gasteiger partial charge in [0.05, 0.1) is 0 Å². The van der Waals surface area contributed by atoms with Crippen LogP contribution in [0.2, 0.25) is 0 Å². The molecule has 74 valence electrons. The zero-order valence-electron chi connectivity index (χ0n) is 8.77. The summed E-state index contributed by atoms with van der Waals surface area (Å²) in [4.78, 5) is 21.3. The van der Waals surface area contributed by atoms with Crippen LogP contribution in [0.15, 0.2) is 42.5 Å². The van der Waals surface area contributed by atoms with Crippen LogP contribution in [0.4, 0.5) is 0 Å². The monoisotopic (exact) mass is 201 g/mol. The Hall–Kier alpha value is -2.16. The first-order chi connectivity index (χ1) is 7.66.